The number of nitrogens with two attached hydrogens (primary N) is 1. The first-order valence-corrected chi connectivity index (χ1v) is 7.93. The number of hydrogen-bond acceptors (Lipinski definition) is 2. The van der Waals surface area contributed by atoms with Crippen LogP contribution in [0.4, 0.5) is 5.69 Å². The number of aryl methyl sites for hydroxylation is 1. The average molecular weight is 294 g/mol. The van der Waals surface area contributed by atoms with Crippen LogP contribution in [-0.2, 0) is 24.1 Å². The van der Waals surface area contributed by atoms with Crippen molar-refractivity contribution in [2.45, 2.75) is 25.7 Å². The minimum absolute atomic E-state index is 0.0682. The fourth-order valence-electron chi connectivity index (χ4n) is 3.09. The number of carbonyl (C=O) groups excluding carboxylic acids is 1. The molecule has 0 fully saturated rings. The summed E-state index contributed by atoms with van der Waals surface area (Å²) in [6, 6.07) is 16.4. The first kappa shape index (κ1) is 14.8. The van der Waals surface area contributed by atoms with Gasteiger partial charge in [-0.3, -0.25) is 4.79 Å². The van der Waals surface area contributed by atoms with Crippen LogP contribution in [0.5, 0.6) is 0 Å². The summed E-state index contributed by atoms with van der Waals surface area (Å²) in [6.45, 7) is 0.646. The molecule has 3 rings (SSSR count). The van der Waals surface area contributed by atoms with Crippen molar-refractivity contribution in [3.63, 3.8) is 0 Å². The monoisotopic (exact) mass is 294 g/mol. The molecule has 1 atom stereocenters. The average Bonchev–Trinajstić information content (AvgIpc) is 2.56. The van der Waals surface area contributed by atoms with Gasteiger partial charge in [-0.25, -0.2) is 0 Å². The number of nitrogens with one attached hydrogen (secondary N) is 1. The molecule has 3 N–H and O–H groups in total. The summed E-state index contributed by atoms with van der Waals surface area (Å²) in [5.74, 6) is 0.194. The van der Waals surface area contributed by atoms with Gasteiger partial charge in [0, 0.05) is 11.6 Å². The molecule has 0 aromatic heterocycles. The summed E-state index contributed by atoms with van der Waals surface area (Å²) in [6.07, 6.45) is 3.62. The molecule has 1 amide bonds. The normalized spacial score (nSPS) is 16.9. The second-order valence-corrected chi connectivity index (χ2v) is 5.93. The minimum Gasteiger partial charge on any atom is -0.330 e. The Balaban J connectivity index is 1.63. The Hall–Kier alpha value is -2.13. The van der Waals surface area contributed by atoms with Crippen molar-refractivity contribution in [3.05, 3.63) is 65.2 Å². The van der Waals surface area contributed by atoms with Gasteiger partial charge >= 0.3 is 0 Å². The van der Waals surface area contributed by atoms with Crippen LogP contribution in [0.2, 0.25) is 0 Å². The zero-order valence-electron chi connectivity index (χ0n) is 12.7. The molecule has 0 saturated carbocycles. The van der Waals surface area contributed by atoms with Crippen LogP contribution < -0.4 is 11.1 Å². The quantitative estimate of drug-likeness (QED) is 0.911. The predicted octanol–water partition coefficient (Wildman–Crippen LogP) is 2.93. The molecular formula is C19H22N2O. The molecule has 0 spiro atoms. The van der Waals surface area contributed by atoms with Crippen LogP contribution in [0.25, 0.3) is 0 Å². The van der Waals surface area contributed by atoms with Gasteiger partial charge in [0.15, 0.2) is 0 Å². The van der Waals surface area contributed by atoms with Crippen LogP contribution in [0.3, 0.4) is 0 Å². The highest BCUT2D eigenvalue weighted by Gasteiger charge is 2.24. The number of fused-ring (bicyclic) bond motifs is 1. The second-order valence-electron chi connectivity index (χ2n) is 5.93. The summed E-state index contributed by atoms with van der Waals surface area (Å²) in [7, 11) is 0. The number of benzene rings is 2. The molecule has 2 aromatic carbocycles. The maximum Gasteiger partial charge on any atom is 0.227 e. The first-order valence-electron chi connectivity index (χ1n) is 7.93. The van der Waals surface area contributed by atoms with Crippen LogP contribution >= 0.6 is 0 Å². The maximum absolute atomic E-state index is 12.5. The second kappa shape index (κ2) is 6.75. The zero-order valence-corrected chi connectivity index (χ0v) is 12.7. The lowest BCUT2D eigenvalue weighted by atomic mass is 9.83. The molecule has 1 aliphatic carbocycles. The fourth-order valence-corrected chi connectivity index (χ4v) is 3.09. The standard InChI is InChI=1S/C19H22N2O/c20-12-11-14-5-9-18(10-6-14)21-19(22)17-8-7-15-3-1-2-4-16(15)13-17/h1-6,9-10,17H,7-8,11-13,20H2,(H,21,22). The van der Waals surface area contributed by atoms with Gasteiger partial charge in [0.25, 0.3) is 0 Å². The third-order valence-electron chi connectivity index (χ3n) is 4.37. The van der Waals surface area contributed by atoms with Gasteiger partial charge in [0.1, 0.15) is 0 Å². The molecule has 0 saturated heterocycles. The summed E-state index contributed by atoms with van der Waals surface area (Å²) in [4.78, 5) is 12.5. The fraction of sp³-hybridized carbons (Fsp3) is 0.316. The molecule has 0 aliphatic heterocycles. The Morgan fingerprint density at radius 2 is 1.82 bits per heavy atom. The number of amides is 1. The summed E-state index contributed by atoms with van der Waals surface area (Å²) in [5, 5.41) is 3.04. The lowest BCUT2D eigenvalue weighted by Crippen LogP contribution is -2.28. The molecule has 3 heteroatoms. The van der Waals surface area contributed by atoms with E-state index < -0.39 is 0 Å². The highest BCUT2D eigenvalue weighted by atomic mass is 16.1. The van der Waals surface area contributed by atoms with Crippen molar-refractivity contribution in [2.75, 3.05) is 11.9 Å². The Morgan fingerprint density at radius 3 is 2.55 bits per heavy atom. The van der Waals surface area contributed by atoms with Crippen molar-refractivity contribution in [3.8, 4) is 0 Å². The number of hydrogen-bond donors (Lipinski definition) is 2. The van der Waals surface area contributed by atoms with Gasteiger partial charge in [-0.2, -0.15) is 0 Å². The third kappa shape index (κ3) is 3.37. The van der Waals surface area contributed by atoms with E-state index in [4.69, 9.17) is 5.73 Å². The van der Waals surface area contributed by atoms with Crippen LogP contribution in [-0.4, -0.2) is 12.5 Å². The topological polar surface area (TPSA) is 55.1 Å². The number of carbonyl (C=O) groups is 1. The molecule has 3 nitrogen and oxygen atoms in total. The molecule has 2 aromatic rings. The van der Waals surface area contributed by atoms with Gasteiger partial charge in [0.05, 0.1) is 0 Å². The highest BCUT2D eigenvalue weighted by molar-refractivity contribution is 5.92. The SMILES string of the molecule is NCCc1ccc(NC(=O)C2CCc3ccccc3C2)cc1. The van der Waals surface area contributed by atoms with E-state index in [0.717, 1.165) is 31.4 Å². The highest BCUT2D eigenvalue weighted by Crippen LogP contribution is 2.26. The van der Waals surface area contributed by atoms with Crippen molar-refractivity contribution in [2.24, 2.45) is 11.7 Å². The Bertz CT molecular complexity index is 649. The Labute approximate surface area is 131 Å². The largest absolute Gasteiger partial charge is 0.330 e. The predicted molar refractivity (Wildman–Crippen MR) is 89.8 cm³/mol. The Kier molecular flexibility index (Phi) is 4.54. The lowest BCUT2D eigenvalue weighted by Gasteiger charge is -2.23. The van der Waals surface area contributed by atoms with E-state index in [2.05, 4.69) is 29.6 Å². The van der Waals surface area contributed by atoms with Crippen LogP contribution in [0.1, 0.15) is 23.1 Å². The summed E-state index contributed by atoms with van der Waals surface area (Å²) < 4.78 is 0. The van der Waals surface area contributed by atoms with Crippen LogP contribution in [0.15, 0.2) is 48.5 Å². The molecule has 114 valence electrons. The molecular weight excluding hydrogens is 272 g/mol. The molecule has 0 heterocycles. The molecule has 22 heavy (non-hydrogen) atoms. The number of rotatable bonds is 4. The van der Waals surface area contributed by atoms with E-state index in [9.17, 15) is 4.79 Å². The van der Waals surface area contributed by atoms with Gasteiger partial charge < -0.3 is 11.1 Å². The van der Waals surface area contributed by atoms with Crippen molar-refractivity contribution in [1.29, 1.82) is 0 Å². The van der Waals surface area contributed by atoms with E-state index in [1.165, 1.54) is 16.7 Å². The molecule has 1 unspecified atom stereocenters. The minimum atomic E-state index is 0.0682. The van der Waals surface area contributed by atoms with Crippen molar-refractivity contribution < 1.29 is 4.79 Å². The van der Waals surface area contributed by atoms with Gasteiger partial charge in [0.2, 0.25) is 5.91 Å². The number of anilines is 1. The van der Waals surface area contributed by atoms with E-state index in [1.54, 1.807) is 0 Å². The maximum atomic E-state index is 12.5. The van der Waals surface area contributed by atoms with E-state index in [-0.39, 0.29) is 11.8 Å². The van der Waals surface area contributed by atoms with Gasteiger partial charge in [-0.15, -0.1) is 0 Å². The third-order valence-corrected chi connectivity index (χ3v) is 4.37. The lowest BCUT2D eigenvalue weighted by molar-refractivity contribution is -0.120. The first-order chi connectivity index (χ1) is 10.8. The summed E-state index contributed by atoms with van der Waals surface area (Å²) in [5.41, 5.74) is 10.3. The molecule has 0 bridgehead atoms. The smallest absolute Gasteiger partial charge is 0.227 e. The zero-order chi connectivity index (χ0) is 15.4. The van der Waals surface area contributed by atoms with E-state index in [1.807, 2.05) is 24.3 Å². The molecule has 1 aliphatic rings. The van der Waals surface area contributed by atoms with Gasteiger partial charge in [-0.1, -0.05) is 36.4 Å². The van der Waals surface area contributed by atoms with Gasteiger partial charge in [-0.05, 0) is 61.1 Å². The van der Waals surface area contributed by atoms with Crippen LogP contribution in [0, 0.1) is 5.92 Å². The Morgan fingerprint density at radius 1 is 1.09 bits per heavy atom. The van der Waals surface area contributed by atoms with Crippen molar-refractivity contribution >= 4 is 11.6 Å². The summed E-state index contributed by atoms with van der Waals surface area (Å²) >= 11 is 0. The van der Waals surface area contributed by atoms with E-state index >= 15 is 0 Å². The van der Waals surface area contributed by atoms with E-state index in [0.29, 0.717) is 6.54 Å². The van der Waals surface area contributed by atoms with Crippen molar-refractivity contribution in [1.82, 2.24) is 0 Å². The molecule has 0 radical (unpaired) electrons.